The molecule has 0 saturated heterocycles. The molecule has 0 unspecified atom stereocenters. The van der Waals surface area contributed by atoms with Gasteiger partial charge in [-0.15, -0.1) is 0 Å². The molecule has 188 valence electrons. The Hall–Kier alpha value is -4.15. The van der Waals surface area contributed by atoms with Crippen molar-refractivity contribution in [1.82, 2.24) is 4.90 Å². The van der Waals surface area contributed by atoms with E-state index in [0.717, 1.165) is 32.5 Å². The molecule has 0 aliphatic heterocycles. The van der Waals surface area contributed by atoms with E-state index in [1.165, 1.54) is 0 Å². The zero-order valence-electron chi connectivity index (χ0n) is 20.9. The maximum Gasteiger partial charge on any atom is 0.254 e. The third kappa shape index (κ3) is 6.39. The summed E-state index contributed by atoms with van der Waals surface area (Å²) in [6, 6.07) is 45.9. The standard InChI is InChI=1S/C34H28BrNO2/c35-31-18-10-17-30(23-31)34(37)36(33(28-13-6-2-7-14-28)29-15-8-3-9-16-29)24-26-19-21-32(22-20-26)38-25-27-11-4-1-5-12-27/h1-23,33H,24-25H2. The van der Waals surface area contributed by atoms with Crippen molar-refractivity contribution in [1.29, 1.82) is 0 Å². The van der Waals surface area contributed by atoms with E-state index in [0.29, 0.717) is 18.7 Å². The van der Waals surface area contributed by atoms with E-state index in [2.05, 4.69) is 40.2 Å². The second-order valence-electron chi connectivity index (χ2n) is 9.09. The molecule has 5 rings (SSSR count). The lowest BCUT2D eigenvalue weighted by atomic mass is 9.95. The Labute approximate surface area is 232 Å². The average molecular weight is 563 g/mol. The molecule has 0 bridgehead atoms. The third-order valence-electron chi connectivity index (χ3n) is 6.40. The van der Waals surface area contributed by atoms with Crippen LogP contribution >= 0.6 is 15.9 Å². The fourth-order valence-corrected chi connectivity index (χ4v) is 4.92. The van der Waals surface area contributed by atoms with Crippen LogP contribution in [-0.2, 0) is 13.2 Å². The first-order valence-electron chi connectivity index (χ1n) is 12.6. The molecule has 0 atom stereocenters. The molecular formula is C34H28BrNO2. The molecule has 0 spiro atoms. The number of carbonyl (C=O) groups excluding carboxylic acids is 1. The van der Waals surface area contributed by atoms with E-state index in [4.69, 9.17) is 4.74 Å². The molecule has 0 N–H and O–H groups in total. The second kappa shape index (κ2) is 12.4. The van der Waals surface area contributed by atoms with Gasteiger partial charge in [-0.3, -0.25) is 4.79 Å². The van der Waals surface area contributed by atoms with Crippen LogP contribution in [0, 0.1) is 0 Å². The molecule has 0 fully saturated rings. The summed E-state index contributed by atoms with van der Waals surface area (Å²) in [6.45, 7) is 0.955. The Morgan fingerprint density at radius 1 is 0.658 bits per heavy atom. The molecule has 4 heteroatoms. The quantitative estimate of drug-likeness (QED) is 0.180. The van der Waals surface area contributed by atoms with Gasteiger partial charge >= 0.3 is 0 Å². The SMILES string of the molecule is O=C(c1cccc(Br)c1)N(Cc1ccc(OCc2ccccc2)cc1)C(c1ccccc1)c1ccccc1. The molecule has 0 aliphatic rings. The highest BCUT2D eigenvalue weighted by Crippen LogP contribution is 2.32. The van der Waals surface area contributed by atoms with Crippen molar-refractivity contribution in [3.05, 3.63) is 172 Å². The number of hydrogen-bond acceptors (Lipinski definition) is 2. The number of rotatable bonds is 9. The number of hydrogen-bond donors (Lipinski definition) is 0. The lowest BCUT2D eigenvalue weighted by molar-refractivity contribution is 0.0690. The van der Waals surface area contributed by atoms with Crippen LogP contribution in [0.1, 0.15) is 38.7 Å². The summed E-state index contributed by atoms with van der Waals surface area (Å²) >= 11 is 3.53. The number of benzene rings is 5. The largest absolute Gasteiger partial charge is 0.489 e. The minimum atomic E-state index is -0.252. The zero-order valence-corrected chi connectivity index (χ0v) is 22.5. The zero-order chi connectivity index (χ0) is 26.2. The number of ether oxygens (including phenoxy) is 1. The maximum atomic E-state index is 14.1. The third-order valence-corrected chi connectivity index (χ3v) is 6.89. The van der Waals surface area contributed by atoms with Crippen molar-refractivity contribution in [2.75, 3.05) is 0 Å². The predicted octanol–water partition coefficient (Wildman–Crippen LogP) is 8.46. The fourth-order valence-electron chi connectivity index (χ4n) is 4.52. The van der Waals surface area contributed by atoms with E-state index in [-0.39, 0.29) is 11.9 Å². The molecule has 5 aromatic rings. The summed E-state index contributed by atoms with van der Waals surface area (Å²) in [5.74, 6) is 0.763. The Balaban J connectivity index is 1.47. The number of carbonyl (C=O) groups is 1. The monoisotopic (exact) mass is 561 g/mol. The van der Waals surface area contributed by atoms with Crippen LogP contribution in [0.2, 0.25) is 0 Å². The molecule has 5 aromatic carbocycles. The van der Waals surface area contributed by atoms with Gasteiger partial charge in [0, 0.05) is 16.6 Å². The normalized spacial score (nSPS) is 10.8. The van der Waals surface area contributed by atoms with Crippen molar-refractivity contribution in [2.45, 2.75) is 19.2 Å². The fraction of sp³-hybridized carbons (Fsp3) is 0.0882. The lowest BCUT2D eigenvalue weighted by Crippen LogP contribution is -2.35. The van der Waals surface area contributed by atoms with Gasteiger partial charge in [-0.25, -0.2) is 0 Å². The molecule has 3 nitrogen and oxygen atoms in total. The van der Waals surface area contributed by atoms with Crippen LogP contribution in [0.4, 0.5) is 0 Å². The molecule has 0 radical (unpaired) electrons. The minimum Gasteiger partial charge on any atom is -0.489 e. The van der Waals surface area contributed by atoms with Gasteiger partial charge in [-0.05, 0) is 52.6 Å². The topological polar surface area (TPSA) is 29.5 Å². The summed E-state index contributed by atoms with van der Waals surface area (Å²) in [7, 11) is 0. The minimum absolute atomic E-state index is 0.0339. The van der Waals surface area contributed by atoms with Crippen molar-refractivity contribution in [3.8, 4) is 5.75 Å². The van der Waals surface area contributed by atoms with Gasteiger partial charge in [0.15, 0.2) is 0 Å². The van der Waals surface area contributed by atoms with Gasteiger partial charge < -0.3 is 9.64 Å². The van der Waals surface area contributed by atoms with Crippen LogP contribution in [-0.4, -0.2) is 10.8 Å². The van der Waals surface area contributed by atoms with Crippen LogP contribution in [0.15, 0.2) is 144 Å². The van der Waals surface area contributed by atoms with Crippen molar-refractivity contribution < 1.29 is 9.53 Å². The van der Waals surface area contributed by atoms with Gasteiger partial charge in [-0.2, -0.15) is 0 Å². The molecule has 0 heterocycles. The highest BCUT2D eigenvalue weighted by Gasteiger charge is 2.28. The first-order valence-corrected chi connectivity index (χ1v) is 13.4. The van der Waals surface area contributed by atoms with Crippen LogP contribution in [0.5, 0.6) is 5.75 Å². The van der Waals surface area contributed by atoms with E-state index in [9.17, 15) is 4.79 Å². The Bertz CT molecular complexity index is 1420. The average Bonchev–Trinajstić information content (AvgIpc) is 2.98. The van der Waals surface area contributed by atoms with Crippen molar-refractivity contribution in [2.24, 2.45) is 0 Å². The van der Waals surface area contributed by atoms with Crippen LogP contribution in [0.3, 0.4) is 0 Å². The van der Waals surface area contributed by atoms with Gasteiger partial charge in [0.2, 0.25) is 0 Å². The second-order valence-corrected chi connectivity index (χ2v) is 10.0. The van der Waals surface area contributed by atoms with E-state index in [1.54, 1.807) is 0 Å². The lowest BCUT2D eigenvalue weighted by Gasteiger charge is -2.33. The molecule has 0 saturated carbocycles. The first kappa shape index (κ1) is 25.5. The van der Waals surface area contributed by atoms with Gasteiger partial charge in [0.1, 0.15) is 12.4 Å². The first-order chi connectivity index (χ1) is 18.7. The van der Waals surface area contributed by atoms with Crippen LogP contribution in [0.25, 0.3) is 0 Å². The molecule has 0 aliphatic carbocycles. The Morgan fingerprint density at radius 2 is 1.24 bits per heavy atom. The van der Waals surface area contributed by atoms with Crippen molar-refractivity contribution >= 4 is 21.8 Å². The summed E-state index contributed by atoms with van der Waals surface area (Å²) in [5.41, 5.74) is 4.90. The van der Waals surface area contributed by atoms with E-state index < -0.39 is 0 Å². The van der Waals surface area contributed by atoms with Gasteiger partial charge in [0.05, 0.1) is 6.04 Å². The van der Waals surface area contributed by atoms with Gasteiger partial charge in [-0.1, -0.05) is 125 Å². The maximum absolute atomic E-state index is 14.1. The molecular weight excluding hydrogens is 534 g/mol. The Morgan fingerprint density at radius 3 is 1.82 bits per heavy atom. The molecule has 38 heavy (non-hydrogen) atoms. The number of amides is 1. The predicted molar refractivity (Wildman–Crippen MR) is 156 cm³/mol. The van der Waals surface area contributed by atoms with E-state index in [1.807, 2.05) is 120 Å². The summed E-state index contributed by atoms with van der Waals surface area (Å²) in [5, 5.41) is 0. The summed E-state index contributed by atoms with van der Waals surface area (Å²) in [6.07, 6.45) is 0. The molecule has 0 aromatic heterocycles. The van der Waals surface area contributed by atoms with Crippen molar-refractivity contribution in [3.63, 3.8) is 0 Å². The van der Waals surface area contributed by atoms with Gasteiger partial charge in [0.25, 0.3) is 5.91 Å². The Kier molecular flexibility index (Phi) is 8.32. The highest BCUT2D eigenvalue weighted by atomic mass is 79.9. The van der Waals surface area contributed by atoms with E-state index >= 15 is 0 Å². The smallest absolute Gasteiger partial charge is 0.254 e. The summed E-state index contributed by atoms with van der Waals surface area (Å²) in [4.78, 5) is 16.0. The van der Waals surface area contributed by atoms with Crippen LogP contribution < -0.4 is 4.74 Å². The molecule has 1 amide bonds. The highest BCUT2D eigenvalue weighted by molar-refractivity contribution is 9.10. The number of nitrogens with zero attached hydrogens (tertiary/aromatic N) is 1. The number of halogens is 1. The summed E-state index contributed by atoms with van der Waals surface area (Å²) < 4.78 is 6.86.